The van der Waals surface area contributed by atoms with Gasteiger partial charge in [-0.05, 0) is 25.0 Å². The zero-order chi connectivity index (χ0) is 16.2. The van der Waals surface area contributed by atoms with Crippen LogP contribution in [-0.4, -0.2) is 23.1 Å². The molecule has 0 aliphatic carbocycles. The van der Waals surface area contributed by atoms with E-state index in [2.05, 4.69) is 20.2 Å². The Morgan fingerprint density at radius 1 is 1.00 bits per heavy atom. The number of benzene rings is 1. The molecule has 1 aromatic heterocycles. The molecule has 1 fully saturated rings. The molecular weight excluding hydrogens is 300 g/mol. The minimum atomic E-state index is -0.921. The summed E-state index contributed by atoms with van der Waals surface area (Å²) in [6.45, 7) is 1.82. The van der Waals surface area contributed by atoms with Crippen LogP contribution < -0.4 is 16.0 Å². The molecule has 0 spiro atoms. The highest BCUT2D eigenvalue weighted by Gasteiger charge is 2.17. The van der Waals surface area contributed by atoms with Crippen molar-refractivity contribution in [2.45, 2.75) is 25.7 Å². The number of nitrogens with one attached hydrogen (secondary N) is 1. The molecule has 0 radical (unpaired) electrons. The van der Waals surface area contributed by atoms with Crippen molar-refractivity contribution in [3.63, 3.8) is 0 Å². The molecular formula is C16H19F2N5. The van der Waals surface area contributed by atoms with Crippen molar-refractivity contribution in [1.82, 2.24) is 9.97 Å². The fraction of sp³-hybridized carbons (Fsp3) is 0.375. The third kappa shape index (κ3) is 3.49. The second-order valence-corrected chi connectivity index (χ2v) is 5.61. The van der Waals surface area contributed by atoms with Crippen LogP contribution >= 0.6 is 0 Å². The number of hydrogen-bond acceptors (Lipinski definition) is 5. The zero-order valence-electron chi connectivity index (χ0n) is 12.7. The van der Waals surface area contributed by atoms with Gasteiger partial charge in [0.2, 0.25) is 0 Å². The molecule has 1 aliphatic heterocycles. The number of anilines is 4. The summed E-state index contributed by atoms with van der Waals surface area (Å²) < 4.78 is 26.3. The van der Waals surface area contributed by atoms with Gasteiger partial charge in [0.05, 0.1) is 0 Å². The molecule has 0 atom stereocenters. The number of hydrogen-bond donors (Lipinski definition) is 2. The molecule has 3 N–H and O–H groups in total. The summed E-state index contributed by atoms with van der Waals surface area (Å²) in [5, 5.41) is 2.93. The van der Waals surface area contributed by atoms with E-state index in [4.69, 9.17) is 5.73 Å². The van der Waals surface area contributed by atoms with Gasteiger partial charge in [0, 0.05) is 24.8 Å². The number of aromatic nitrogens is 2. The first-order valence-corrected chi connectivity index (χ1v) is 7.72. The van der Waals surface area contributed by atoms with Gasteiger partial charge in [-0.3, -0.25) is 0 Å². The maximum atomic E-state index is 13.3. The van der Waals surface area contributed by atoms with Crippen LogP contribution in [-0.2, 0) is 0 Å². The lowest BCUT2D eigenvalue weighted by Crippen LogP contribution is -2.26. The monoisotopic (exact) mass is 319 g/mol. The largest absolute Gasteiger partial charge is 0.393 e. The molecule has 5 nitrogen and oxygen atoms in total. The van der Waals surface area contributed by atoms with E-state index < -0.39 is 11.6 Å². The Labute approximate surface area is 133 Å². The van der Waals surface area contributed by atoms with Gasteiger partial charge in [0.15, 0.2) is 23.3 Å². The predicted octanol–water partition coefficient (Wildman–Crippen LogP) is 3.46. The Kier molecular flexibility index (Phi) is 4.55. The lowest BCUT2D eigenvalue weighted by atomic mass is 10.2. The lowest BCUT2D eigenvalue weighted by Gasteiger charge is -2.23. The summed E-state index contributed by atoms with van der Waals surface area (Å²) in [5.74, 6) is -0.732. The summed E-state index contributed by atoms with van der Waals surface area (Å²) >= 11 is 0. The Balaban J connectivity index is 1.85. The molecule has 1 aliphatic rings. The summed E-state index contributed by atoms with van der Waals surface area (Å²) in [6, 6.07) is 3.57. The Bertz CT molecular complexity index is 684. The number of rotatable bonds is 3. The van der Waals surface area contributed by atoms with Crippen LogP contribution in [0.4, 0.5) is 31.8 Å². The molecule has 122 valence electrons. The van der Waals surface area contributed by atoms with Crippen molar-refractivity contribution >= 4 is 23.0 Å². The number of nitrogens with two attached hydrogens (primary N) is 1. The SMILES string of the molecule is Nc1c(Nc2ccc(F)c(F)c2)ncnc1N1CCCCCC1. The van der Waals surface area contributed by atoms with Crippen molar-refractivity contribution in [3.05, 3.63) is 36.2 Å². The first-order valence-electron chi connectivity index (χ1n) is 7.72. The molecule has 23 heavy (non-hydrogen) atoms. The topological polar surface area (TPSA) is 67.1 Å². The third-order valence-electron chi connectivity index (χ3n) is 3.95. The molecule has 0 bridgehead atoms. The smallest absolute Gasteiger partial charge is 0.160 e. The molecule has 3 rings (SSSR count). The van der Waals surface area contributed by atoms with Crippen molar-refractivity contribution in [2.75, 3.05) is 29.0 Å². The summed E-state index contributed by atoms with van der Waals surface area (Å²) in [4.78, 5) is 10.6. The quantitative estimate of drug-likeness (QED) is 0.907. The van der Waals surface area contributed by atoms with Crippen LogP contribution in [0.3, 0.4) is 0 Å². The van der Waals surface area contributed by atoms with E-state index in [-0.39, 0.29) is 0 Å². The summed E-state index contributed by atoms with van der Waals surface area (Å²) in [5.41, 5.74) is 6.99. The number of nitrogen functional groups attached to an aromatic ring is 1. The maximum absolute atomic E-state index is 13.3. The molecule has 0 amide bonds. The van der Waals surface area contributed by atoms with Crippen molar-refractivity contribution in [2.24, 2.45) is 0 Å². The Hall–Kier alpha value is -2.44. The van der Waals surface area contributed by atoms with Crippen molar-refractivity contribution < 1.29 is 8.78 Å². The van der Waals surface area contributed by atoms with E-state index in [0.29, 0.717) is 23.0 Å². The normalized spacial score (nSPS) is 15.3. The first-order chi connectivity index (χ1) is 11.1. The minimum Gasteiger partial charge on any atom is -0.393 e. The molecule has 2 heterocycles. The second kappa shape index (κ2) is 6.76. The summed E-state index contributed by atoms with van der Waals surface area (Å²) in [6.07, 6.45) is 6.06. The van der Waals surface area contributed by atoms with Gasteiger partial charge in [-0.25, -0.2) is 18.7 Å². The van der Waals surface area contributed by atoms with Crippen LogP contribution in [0.1, 0.15) is 25.7 Å². The van der Waals surface area contributed by atoms with Crippen LogP contribution in [0.25, 0.3) is 0 Å². The minimum absolute atomic E-state index is 0.385. The molecule has 0 unspecified atom stereocenters. The average Bonchev–Trinajstić information content (AvgIpc) is 2.82. The predicted molar refractivity (Wildman–Crippen MR) is 86.8 cm³/mol. The van der Waals surface area contributed by atoms with Crippen molar-refractivity contribution in [3.8, 4) is 0 Å². The van der Waals surface area contributed by atoms with Crippen molar-refractivity contribution in [1.29, 1.82) is 0 Å². The van der Waals surface area contributed by atoms with Gasteiger partial charge in [0.25, 0.3) is 0 Å². The van der Waals surface area contributed by atoms with Crippen LogP contribution in [0.5, 0.6) is 0 Å². The van der Waals surface area contributed by atoms with Gasteiger partial charge in [-0.1, -0.05) is 12.8 Å². The average molecular weight is 319 g/mol. The standard InChI is InChI=1S/C16H19F2N5/c17-12-6-5-11(9-13(12)18)22-15-14(19)16(21-10-20-15)23-7-3-1-2-4-8-23/h5-6,9-10H,1-4,7-8,19H2,(H,20,21,22). The first kappa shape index (κ1) is 15.5. The van der Waals surface area contributed by atoms with E-state index >= 15 is 0 Å². The number of halogens is 2. The van der Waals surface area contributed by atoms with Crippen LogP contribution in [0, 0.1) is 11.6 Å². The highest BCUT2D eigenvalue weighted by atomic mass is 19.2. The molecule has 7 heteroatoms. The summed E-state index contributed by atoms with van der Waals surface area (Å²) in [7, 11) is 0. The lowest BCUT2D eigenvalue weighted by molar-refractivity contribution is 0.509. The fourth-order valence-electron chi connectivity index (χ4n) is 2.73. The molecule has 2 aromatic rings. The van der Waals surface area contributed by atoms with Gasteiger partial charge >= 0.3 is 0 Å². The van der Waals surface area contributed by atoms with Gasteiger partial charge < -0.3 is 16.0 Å². The van der Waals surface area contributed by atoms with Crippen LogP contribution in [0.15, 0.2) is 24.5 Å². The van der Waals surface area contributed by atoms with E-state index in [1.54, 1.807) is 0 Å². The van der Waals surface area contributed by atoms with Crippen LogP contribution in [0.2, 0.25) is 0 Å². The van der Waals surface area contributed by atoms with Gasteiger partial charge in [-0.2, -0.15) is 0 Å². The van der Waals surface area contributed by atoms with Gasteiger partial charge in [-0.15, -0.1) is 0 Å². The molecule has 1 aromatic carbocycles. The molecule has 0 saturated carbocycles. The maximum Gasteiger partial charge on any atom is 0.160 e. The third-order valence-corrected chi connectivity index (χ3v) is 3.95. The van der Waals surface area contributed by atoms with E-state index in [1.165, 1.54) is 25.2 Å². The van der Waals surface area contributed by atoms with E-state index in [9.17, 15) is 8.78 Å². The Morgan fingerprint density at radius 2 is 1.74 bits per heavy atom. The Morgan fingerprint density at radius 3 is 2.43 bits per heavy atom. The highest BCUT2D eigenvalue weighted by Crippen LogP contribution is 2.30. The zero-order valence-corrected chi connectivity index (χ0v) is 12.7. The number of nitrogens with zero attached hydrogens (tertiary/aromatic N) is 3. The fourth-order valence-corrected chi connectivity index (χ4v) is 2.73. The highest BCUT2D eigenvalue weighted by molar-refractivity contribution is 5.78. The van der Waals surface area contributed by atoms with E-state index in [1.807, 2.05) is 0 Å². The van der Waals surface area contributed by atoms with Gasteiger partial charge in [0.1, 0.15) is 12.0 Å². The second-order valence-electron chi connectivity index (χ2n) is 5.61. The van der Waals surface area contributed by atoms with E-state index in [0.717, 1.165) is 38.1 Å². The molecule has 1 saturated heterocycles.